The standard InChI is InChI=1S/C40H37N3O7/c44-35(29-13-5-1-6-14-29)25-33-23-24-43(39(48)41-33)36-27-42(26-34(50-36)28-49-38(47)22-21-37(45)46)40(30-15-7-2-8-16-30,31-17-9-3-10-18-31)32-19-11-4-12-20-32/h1-20,23-24,34,36H,21-22,25-28H2,(H,45,46)/t34-,36+/m0/s1. The monoisotopic (exact) mass is 671 g/mol. The van der Waals surface area contributed by atoms with Crippen LogP contribution in [0.2, 0.25) is 0 Å². The number of carboxylic acids is 1. The number of ketones is 1. The minimum atomic E-state index is -1.10. The van der Waals surface area contributed by atoms with Crippen LogP contribution in [-0.4, -0.2) is 63.1 Å². The molecule has 1 saturated heterocycles. The topological polar surface area (TPSA) is 128 Å². The van der Waals surface area contributed by atoms with Crippen molar-refractivity contribution in [3.63, 3.8) is 0 Å². The van der Waals surface area contributed by atoms with Crippen LogP contribution in [0, 0.1) is 0 Å². The highest BCUT2D eigenvalue weighted by atomic mass is 16.6. The van der Waals surface area contributed by atoms with Gasteiger partial charge in [0.1, 0.15) is 12.7 Å². The molecule has 254 valence electrons. The Morgan fingerprint density at radius 3 is 1.82 bits per heavy atom. The van der Waals surface area contributed by atoms with Gasteiger partial charge in [-0.15, -0.1) is 0 Å². The van der Waals surface area contributed by atoms with Crippen LogP contribution in [0.3, 0.4) is 0 Å². The van der Waals surface area contributed by atoms with E-state index in [1.54, 1.807) is 36.5 Å². The van der Waals surface area contributed by atoms with Crippen LogP contribution in [0.15, 0.2) is 138 Å². The first-order valence-corrected chi connectivity index (χ1v) is 16.5. The van der Waals surface area contributed by atoms with Crippen LogP contribution in [0.5, 0.6) is 0 Å². The van der Waals surface area contributed by atoms with Gasteiger partial charge in [-0.3, -0.25) is 23.9 Å². The van der Waals surface area contributed by atoms with Gasteiger partial charge in [0.25, 0.3) is 0 Å². The second-order valence-electron chi connectivity index (χ2n) is 12.1. The largest absolute Gasteiger partial charge is 0.481 e. The van der Waals surface area contributed by atoms with Gasteiger partial charge in [-0.25, -0.2) is 4.79 Å². The second kappa shape index (κ2) is 15.7. The van der Waals surface area contributed by atoms with Gasteiger partial charge in [0, 0.05) is 24.8 Å². The van der Waals surface area contributed by atoms with Crippen LogP contribution in [0.1, 0.15) is 51.8 Å². The number of nitrogens with zero attached hydrogens (tertiary/aromatic N) is 3. The summed E-state index contributed by atoms with van der Waals surface area (Å²) in [6, 6.07) is 40.7. The Balaban J connectivity index is 1.40. The lowest BCUT2D eigenvalue weighted by molar-refractivity contribution is -0.171. The maximum absolute atomic E-state index is 13.6. The molecule has 0 spiro atoms. The van der Waals surface area contributed by atoms with Crippen molar-refractivity contribution >= 4 is 17.7 Å². The minimum Gasteiger partial charge on any atom is -0.481 e. The predicted molar refractivity (Wildman–Crippen MR) is 185 cm³/mol. The molecule has 2 atom stereocenters. The molecule has 10 heteroatoms. The van der Waals surface area contributed by atoms with Crippen LogP contribution in [0.4, 0.5) is 0 Å². The summed E-state index contributed by atoms with van der Waals surface area (Å²) in [7, 11) is 0. The Kier molecular flexibility index (Phi) is 10.7. The lowest BCUT2D eigenvalue weighted by Gasteiger charge is -2.50. The summed E-state index contributed by atoms with van der Waals surface area (Å²) >= 11 is 0. The van der Waals surface area contributed by atoms with Crippen LogP contribution in [0.25, 0.3) is 0 Å². The highest BCUT2D eigenvalue weighted by Gasteiger charge is 2.46. The number of esters is 1. The molecule has 1 aromatic heterocycles. The van der Waals surface area contributed by atoms with Crippen LogP contribution >= 0.6 is 0 Å². The SMILES string of the molecule is O=C(O)CCC(=O)OC[C@@H]1CN(C(c2ccccc2)(c2ccccc2)c2ccccc2)C[C@H](n2ccc(CC(=O)c3ccccc3)nc2=O)O1. The number of carbonyl (C=O) groups excluding carboxylic acids is 2. The lowest BCUT2D eigenvalue weighted by atomic mass is 9.75. The zero-order chi connectivity index (χ0) is 34.9. The summed E-state index contributed by atoms with van der Waals surface area (Å²) < 4.78 is 13.4. The Labute approximate surface area is 289 Å². The maximum Gasteiger partial charge on any atom is 0.349 e. The van der Waals surface area contributed by atoms with E-state index in [0.717, 1.165) is 16.7 Å². The molecular weight excluding hydrogens is 634 g/mol. The molecule has 0 unspecified atom stereocenters. The van der Waals surface area contributed by atoms with Gasteiger partial charge in [0.15, 0.2) is 12.0 Å². The molecule has 0 aliphatic carbocycles. The van der Waals surface area contributed by atoms with E-state index < -0.39 is 35.5 Å². The molecule has 2 heterocycles. The quantitative estimate of drug-likeness (QED) is 0.101. The normalized spacial score (nSPS) is 16.4. The van der Waals surface area contributed by atoms with Gasteiger partial charge in [-0.2, -0.15) is 4.98 Å². The van der Waals surface area contributed by atoms with E-state index in [9.17, 15) is 19.2 Å². The van der Waals surface area contributed by atoms with Gasteiger partial charge in [-0.05, 0) is 22.8 Å². The minimum absolute atomic E-state index is 0.0359. The molecule has 0 radical (unpaired) electrons. The second-order valence-corrected chi connectivity index (χ2v) is 12.1. The zero-order valence-electron chi connectivity index (χ0n) is 27.3. The molecular formula is C40H37N3O7. The number of rotatable bonds is 13. The van der Waals surface area contributed by atoms with Crippen molar-refractivity contribution in [3.8, 4) is 0 Å². The van der Waals surface area contributed by atoms with Gasteiger partial charge < -0.3 is 14.6 Å². The summed E-state index contributed by atoms with van der Waals surface area (Å²) in [6.07, 6.45) is -0.638. The number of aliphatic carboxylic acids is 1. The average Bonchev–Trinajstić information content (AvgIpc) is 3.15. The third-order valence-corrected chi connectivity index (χ3v) is 8.81. The van der Waals surface area contributed by atoms with Crippen molar-refractivity contribution < 1.29 is 29.0 Å². The molecule has 1 fully saturated rings. The molecule has 5 aromatic rings. The smallest absolute Gasteiger partial charge is 0.349 e. The van der Waals surface area contributed by atoms with E-state index >= 15 is 0 Å². The van der Waals surface area contributed by atoms with Crippen molar-refractivity contribution in [2.45, 2.75) is 37.1 Å². The maximum atomic E-state index is 13.6. The first-order valence-electron chi connectivity index (χ1n) is 16.5. The third kappa shape index (κ3) is 7.62. The number of carboxylic acid groups (broad SMARTS) is 1. The Bertz CT molecular complexity index is 1870. The van der Waals surface area contributed by atoms with E-state index in [1.807, 2.05) is 60.7 Å². The molecule has 50 heavy (non-hydrogen) atoms. The first-order chi connectivity index (χ1) is 24.3. The molecule has 0 amide bonds. The van der Waals surface area contributed by atoms with Gasteiger partial charge in [-0.1, -0.05) is 121 Å². The van der Waals surface area contributed by atoms with E-state index in [1.165, 1.54) is 4.57 Å². The summed E-state index contributed by atoms with van der Waals surface area (Å²) in [4.78, 5) is 56.6. The highest BCUT2D eigenvalue weighted by molar-refractivity contribution is 5.97. The fourth-order valence-corrected chi connectivity index (χ4v) is 6.55. The number of carbonyl (C=O) groups is 3. The average molecular weight is 672 g/mol. The summed E-state index contributed by atoms with van der Waals surface area (Å²) in [6.45, 7) is 0.380. The molecule has 1 aliphatic rings. The summed E-state index contributed by atoms with van der Waals surface area (Å²) in [5, 5.41) is 9.04. The number of hydrogen-bond acceptors (Lipinski definition) is 8. The van der Waals surface area contributed by atoms with E-state index in [0.29, 0.717) is 17.8 Å². The number of ether oxygens (including phenoxy) is 2. The Hall–Kier alpha value is -5.71. The van der Waals surface area contributed by atoms with E-state index in [-0.39, 0.29) is 38.2 Å². The zero-order valence-corrected chi connectivity index (χ0v) is 27.3. The van der Waals surface area contributed by atoms with E-state index in [2.05, 4.69) is 46.3 Å². The summed E-state index contributed by atoms with van der Waals surface area (Å²) in [5.74, 6) is -1.91. The Morgan fingerprint density at radius 1 is 0.760 bits per heavy atom. The van der Waals surface area contributed by atoms with E-state index in [4.69, 9.17) is 14.6 Å². The number of Topliss-reactive ketones (excluding diaryl/α,β-unsaturated/α-hetero) is 1. The third-order valence-electron chi connectivity index (χ3n) is 8.81. The molecule has 1 N–H and O–H groups in total. The number of aromatic nitrogens is 2. The fraction of sp³-hybridized carbons (Fsp3) is 0.225. The summed E-state index contributed by atoms with van der Waals surface area (Å²) in [5.41, 5.74) is 2.36. The van der Waals surface area contributed by atoms with Crippen LogP contribution < -0.4 is 5.69 Å². The Morgan fingerprint density at radius 2 is 1.30 bits per heavy atom. The predicted octanol–water partition coefficient (Wildman–Crippen LogP) is 5.27. The van der Waals surface area contributed by atoms with Gasteiger partial charge in [0.2, 0.25) is 0 Å². The molecule has 6 rings (SSSR count). The van der Waals surface area contributed by atoms with Gasteiger partial charge in [0.05, 0.1) is 30.5 Å². The van der Waals surface area contributed by atoms with Crippen molar-refractivity contribution in [3.05, 3.63) is 172 Å². The lowest BCUT2D eigenvalue weighted by Crippen LogP contribution is -2.58. The van der Waals surface area contributed by atoms with Crippen molar-refractivity contribution in [2.24, 2.45) is 0 Å². The molecule has 1 aliphatic heterocycles. The number of benzene rings is 4. The van der Waals surface area contributed by atoms with Crippen LogP contribution in [-0.2, 0) is 31.0 Å². The number of morpholine rings is 1. The molecule has 4 aromatic carbocycles. The molecule has 0 bridgehead atoms. The van der Waals surface area contributed by atoms with Crippen molar-refractivity contribution in [1.82, 2.24) is 14.5 Å². The molecule has 10 nitrogen and oxygen atoms in total. The fourth-order valence-electron chi connectivity index (χ4n) is 6.55. The van der Waals surface area contributed by atoms with Gasteiger partial charge >= 0.3 is 17.6 Å². The van der Waals surface area contributed by atoms with Crippen molar-refractivity contribution in [1.29, 1.82) is 0 Å². The first kappa shape index (κ1) is 34.2. The highest BCUT2D eigenvalue weighted by Crippen LogP contribution is 2.44. The number of hydrogen-bond donors (Lipinski definition) is 1. The molecule has 0 saturated carbocycles. The van der Waals surface area contributed by atoms with Crippen molar-refractivity contribution in [2.75, 3.05) is 19.7 Å².